The smallest absolute Gasteiger partial charge is 0.0484 e. The molecule has 0 spiro atoms. The number of hydrogen-bond acceptors (Lipinski definition) is 4. The zero-order chi connectivity index (χ0) is 8.24. The molecule has 0 aromatic rings. The maximum absolute atomic E-state index is 8.12. The van der Waals surface area contributed by atoms with Crippen molar-refractivity contribution in [2.24, 2.45) is 5.16 Å². The average molecular weight is 149 g/mol. The van der Waals surface area contributed by atoms with E-state index in [-0.39, 0.29) is 6.61 Å². The summed E-state index contributed by atoms with van der Waals surface area (Å²) in [6.07, 6.45) is 2.05. The highest BCUT2D eigenvalue weighted by Gasteiger charge is 1.75. The minimum absolute atomic E-state index is 0.230. The highest BCUT2D eigenvalue weighted by atomic mass is 16.5. The molecule has 0 aliphatic rings. The lowest BCUT2D eigenvalue weighted by atomic mass is 10.5. The van der Waals surface area contributed by atoms with Crippen LogP contribution in [-0.2, 0) is 4.74 Å². The summed E-state index contributed by atoms with van der Waals surface area (Å²) in [5.74, 6) is 0. The van der Waals surface area contributed by atoms with E-state index in [1.807, 2.05) is 0 Å². The van der Waals surface area contributed by atoms with Crippen molar-refractivity contribution in [3.8, 4) is 0 Å². The van der Waals surface area contributed by atoms with E-state index in [0.717, 1.165) is 6.42 Å². The molecule has 2 N–H and O–H groups in total. The minimum atomic E-state index is 0.230. The van der Waals surface area contributed by atoms with Gasteiger partial charge in [-0.15, -0.1) is 5.16 Å². The predicted octanol–water partition coefficient (Wildman–Crippen LogP) is 0.481. The Bertz CT molecular complexity index is 58.0. The maximum atomic E-state index is 8.12. The lowest BCUT2D eigenvalue weighted by Gasteiger charge is -1.89. The van der Waals surface area contributed by atoms with Gasteiger partial charge in [-0.05, 0) is 13.3 Å². The molecule has 0 amide bonds. The van der Waals surface area contributed by atoms with Gasteiger partial charge < -0.3 is 15.1 Å². The second-order valence-corrected chi connectivity index (χ2v) is 1.44. The van der Waals surface area contributed by atoms with Crippen LogP contribution in [0.4, 0.5) is 0 Å². The Hall–Kier alpha value is -0.610. The van der Waals surface area contributed by atoms with E-state index in [4.69, 9.17) is 10.3 Å². The third kappa shape index (κ3) is 26.3. The Morgan fingerprint density at radius 2 is 2.10 bits per heavy atom. The molecule has 0 saturated heterocycles. The van der Waals surface area contributed by atoms with Crippen molar-refractivity contribution in [1.29, 1.82) is 0 Å². The molecule has 0 radical (unpaired) electrons. The fraction of sp³-hybridized carbons (Fsp3) is 0.833. The molecule has 62 valence electrons. The van der Waals surface area contributed by atoms with Gasteiger partial charge in [-0.2, -0.15) is 0 Å². The van der Waals surface area contributed by atoms with E-state index in [2.05, 4.69) is 9.89 Å². The van der Waals surface area contributed by atoms with Crippen molar-refractivity contribution in [1.82, 2.24) is 0 Å². The average Bonchev–Trinajstić information content (AvgIpc) is 2.01. The Kier molecular flexibility index (Phi) is 19.1. The van der Waals surface area contributed by atoms with Crippen molar-refractivity contribution in [3.63, 3.8) is 0 Å². The fourth-order valence-electron chi connectivity index (χ4n) is 0.209. The van der Waals surface area contributed by atoms with Crippen LogP contribution in [0.15, 0.2) is 5.16 Å². The fourth-order valence-corrected chi connectivity index (χ4v) is 0.209. The first kappa shape index (κ1) is 12.1. The van der Waals surface area contributed by atoms with E-state index >= 15 is 0 Å². The van der Waals surface area contributed by atoms with Crippen LogP contribution < -0.4 is 0 Å². The van der Waals surface area contributed by atoms with E-state index in [9.17, 15) is 0 Å². The summed E-state index contributed by atoms with van der Waals surface area (Å²) in [6.45, 7) is 2.53. The molecule has 4 heteroatoms. The third-order valence-corrected chi connectivity index (χ3v) is 0.622. The second-order valence-electron chi connectivity index (χ2n) is 1.44. The second kappa shape index (κ2) is 15.8. The molecule has 0 unspecified atom stereocenters. The van der Waals surface area contributed by atoms with Crippen LogP contribution in [-0.4, -0.2) is 36.9 Å². The number of rotatable bonds is 3. The van der Waals surface area contributed by atoms with Gasteiger partial charge in [0.05, 0.1) is 0 Å². The van der Waals surface area contributed by atoms with Crippen molar-refractivity contribution in [3.05, 3.63) is 0 Å². The number of aliphatic hydroxyl groups excluding tert-OH is 1. The van der Waals surface area contributed by atoms with Crippen molar-refractivity contribution < 1.29 is 15.1 Å². The quantitative estimate of drug-likeness (QED) is 0.265. The van der Waals surface area contributed by atoms with Crippen LogP contribution in [0.3, 0.4) is 0 Å². The molecule has 0 aromatic carbocycles. The Morgan fingerprint density at radius 1 is 1.60 bits per heavy atom. The molecule has 0 saturated carbocycles. The predicted molar refractivity (Wildman–Crippen MR) is 39.5 cm³/mol. The van der Waals surface area contributed by atoms with Crippen LogP contribution in [0.25, 0.3) is 0 Å². The van der Waals surface area contributed by atoms with Crippen LogP contribution in [0, 0.1) is 0 Å². The molecule has 0 rings (SSSR count). The van der Waals surface area contributed by atoms with Crippen LogP contribution in [0.2, 0.25) is 0 Å². The van der Waals surface area contributed by atoms with Crippen molar-refractivity contribution in [2.45, 2.75) is 13.3 Å². The Morgan fingerprint density at radius 3 is 2.20 bits per heavy atom. The van der Waals surface area contributed by atoms with Gasteiger partial charge in [0.1, 0.15) is 0 Å². The van der Waals surface area contributed by atoms with E-state index in [0.29, 0.717) is 6.61 Å². The van der Waals surface area contributed by atoms with Crippen molar-refractivity contribution in [2.75, 3.05) is 20.3 Å². The van der Waals surface area contributed by atoms with E-state index in [1.54, 1.807) is 14.0 Å². The maximum Gasteiger partial charge on any atom is 0.0484 e. The van der Waals surface area contributed by atoms with Gasteiger partial charge >= 0.3 is 0 Å². The first-order chi connectivity index (χ1) is 4.83. The number of oxime groups is 1. The molecule has 0 aliphatic heterocycles. The molecular formula is C6H15NO3. The van der Waals surface area contributed by atoms with Gasteiger partial charge in [-0.1, -0.05) is 0 Å². The van der Waals surface area contributed by atoms with Gasteiger partial charge in [-0.3, -0.25) is 0 Å². The zero-order valence-electron chi connectivity index (χ0n) is 6.45. The molecule has 0 atom stereocenters. The zero-order valence-corrected chi connectivity index (χ0v) is 6.45. The van der Waals surface area contributed by atoms with Crippen LogP contribution in [0.1, 0.15) is 13.3 Å². The number of methoxy groups -OCH3 is 1. The molecule has 0 bridgehead atoms. The summed E-state index contributed by atoms with van der Waals surface area (Å²) >= 11 is 0. The first-order valence-electron chi connectivity index (χ1n) is 3.05. The molecule has 0 heterocycles. The Balaban J connectivity index is 0. The standard InChI is InChI=1S/C4H10O2.C2H5NO/c1-6-4-2-3-5;1-2-3-4/h5H,2-4H2,1H3;2,4H,1H3. The largest absolute Gasteiger partial charge is 0.411 e. The van der Waals surface area contributed by atoms with Gasteiger partial charge in [0.2, 0.25) is 0 Å². The number of aliphatic hydroxyl groups is 1. The summed E-state index contributed by atoms with van der Waals surface area (Å²) in [7, 11) is 1.62. The summed E-state index contributed by atoms with van der Waals surface area (Å²) in [4.78, 5) is 0. The van der Waals surface area contributed by atoms with Crippen LogP contribution >= 0.6 is 0 Å². The number of hydrogen-bond donors (Lipinski definition) is 2. The number of ether oxygens (including phenoxy) is 1. The molecule has 0 fully saturated rings. The van der Waals surface area contributed by atoms with Gasteiger partial charge in [-0.25, -0.2) is 0 Å². The highest BCUT2D eigenvalue weighted by molar-refractivity contribution is 5.51. The summed E-state index contributed by atoms with van der Waals surface area (Å²) < 4.78 is 4.62. The lowest BCUT2D eigenvalue weighted by molar-refractivity contribution is 0.166. The van der Waals surface area contributed by atoms with Gasteiger partial charge in [0.25, 0.3) is 0 Å². The monoisotopic (exact) mass is 149 g/mol. The summed E-state index contributed by atoms with van der Waals surface area (Å²) in [6, 6.07) is 0. The Labute approximate surface area is 61.1 Å². The SMILES string of the molecule is CC=NO.COCCCO. The number of nitrogens with zero attached hydrogens (tertiary/aromatic N) is 1. The minimum Gasteiger partial charge on any atom is -0.411 e. The van der Waals surface area contributed by atoms with Gasteiger partial charge in [0.15, 0.2) is 0 Å². The molecule has 4 nitrogen and oxygen atoms in total. The van der Waals surface area contributed by atoms with Crippen LogP contribution in [0.5, 0.6) is 0 Å². The van der Waals surface area contributed by atoms with E-state index < -0.39 is 0 Å². The first-order valence-corrected chi connectivity index (χ1v) is 3.05. The highest BCUT2D eigenvalue weighted by Crippen LogP contribution is 1.72. The van der Waals surface area contributed by atoms with Crippen molar-refractivity contribution >= 4 is 6.21 Å². The molecular weight excluding hydrogens is 134 g/mol. The topological polar surface area (TPSA) is 62.1 Å². The van der Waals surface area contributed by atoms with Gasteiger partial charge in [0, 0.05) is 26.5 Å². The molecule has 0 aromatic heterocycles. The molecule has 0 aliphatic carbocycles. The summed E-state index contributed by atoms with van der Waals surface area (Å²) in [5, 5.41) is 18.2. The summed E-state index contributed by atoms with van der Waals surface area (Å²) in [5.41, 5.74) is 0. The third-order valence-electron chi connectivity index (χ3n) is 0.622. The van der Waals surface area contributed by atoms with E-state index in [1.165, 1.54) is 6.21 Å². The normalized spacial score (nSPS) is 9.10. The lowest BCUT2D eigenvalue weighted by Crippen LogP contribution is -1.90. The molecule has 10 heavy (non-hydrogen) atoms.